The van der Waals surface area contributed by atoms with Crippen LogP contribution in [0.25, 0.3) is 0 Å². The van der Waals surface area contributed by atoms with Gasteiger partial charge in [0.25, 0.3) is 0 Å². The van der Waals surface area contributed by atoms with Crippen LogP contribution in [0.3, 0.4) is 0 Å². The van der Waals surface area contributed by atoms with Crippen molar-refractivity contribution in [3.05, 3.63) is 0 Å². The monoisotopic (exact) mass is 215 g/mol. The zero-order valence-corrected chi connectivity index (χ0v) is 10.0. The summed E-state index contributed by atoms with van der Waals surface area (Å²) in [7, 11) is 0. The predicted octanol–water partition coefficient (Wildman–Crippen LogP) is 1.77. The standard InChI is InChI=1S/C11H21NO3/c1-5-12(11(8-13)6-7-11)9(14)15-10(2,3)4/h13H,5-8H2,1-4H3. The second-order valence-corrected chi connectivity index (χ2v) is 5.11. The molecule has 0 saturated heterocycles. The average Bonchev–Trinajstić information content (AvgIpc) is 2.83. The molecular formula is C11H21NO3. The first kappa shape index (κ1) is 12.3. The summed E-state index contributed by atoms with van der Waals surface area (Å²) in [5.41, 5.74) is -0.812. The smallest absolute Gasteiger partial charge is 0.410 e. The van der Waals surface area contributed by atoms with Gasteiger partial charge in [-0.3, -0.25) is 0 Å². The number of aliphatic hydroxyl groups excluding tert-OH is 1. The zero-order chi connectivity index (χ0) is 11.7. The van der Waals surface area contributed by atoms with E-state index in [4.69, 9.17) is 4.74 Å². The van der Waals surface area contributed by atoms with Crippen molar-refractivity contribution in [2.24, 2.45) is 0 Å². The molecule has 0 unspecified atom stereocenters. The molecule has 1 N–H and O–H groups in total. The molecule has 0 aromatic carbocycles. The van der Waals surface area contributed by atoms with Gasteiger partial charge in [-0.15, -0.1) is 0 Å². The Morgan fingerprint density at radius 2 is 2.00 bits per heavy atom. The van der Waals surface area contributed by atoms with Gasteiger partial charge in [-0.2, -0.15) is 0 Å². The first-order valence-corrected chi connectivity index (χ1v) is 5.46. The summed E-state index contributed by atoms with van der Waals surface area (Å²) in [6.07, 6.45) is 1.42. The molecule has 15 heavy (non-hydrogen) atoms. The first-order valence-electron chi connectivity index (χ1n) is 5.46. The highest BCUT2D eigenvalue weighted by molar-refractivity contribution is 5.69. The van der Waals surface area contributed by atoms with Crippen LogP contribution in [0.1, 0.15) is 40.5 Å². The molecule has 1 amide bonds. The van der Waals surface area contributed by atoms with E-state index in [1.807, 2.05) is 27.7 Å². The van der Waals surface area contributed by atoms with E-state index in [1.54, 1.807) is 4.90 Å². The lowest BCUT2D eigenvalue weighted by atomic mass is 10.2. The lowest BCUT2D eigenvalue weighted by Crippen LogP contribution is -2.46. The Balaban J connectivity index is 2.63. The largest absolute Gasteiger partial charge is 0.444 e. The Morgan fingerprint density at radius 3 is 2.27 bits per heavy atom. The Labute approximate surface area is 91.2 Å². The van der Waals surface area contributed by atoms with Crippen molar-refractivity contribution >= 4 is 6.09 Å². The minimum atomic E-state index is -0.476. The highest BCUT2D eigenvalue weighted by atomic mass is 16.6. The number of likely N-dealkylation sites (N-methyl/N-ethyl adjacent to an activating group) is 1. The van der Waals surface area contributed by atoms with E-state index < -0.39 is 5.60 Å². The van der Waals surface area contributed by atoms with Crippen molar-refractivity contribution in [2.45, 2.75) is 51.7 Å². The van der Waals surface area contributed by atoms with Crippen LogP contribution in [-0.4, -0.2) is 40.4 Å². The Hall–Kier alpha value is -0.770. The lowest BCUT2D eigenvalue weighted by Gasteiger charge is -2.32. The summed E-state index contributed by atoms with van der Waals surface area (Å²) in [5, 5.41) is 9.26. The molecule has 1 aliphatic carbocycles. The molecular weight excluding hydrogens is 194 g/mol. The van der Waals surface area contributed by atoms with Gasteiger partial charge in [0.1, 0.15) is 5.60 Å². The summed E-state index contributed by atoms with van der Waals surface area (Å²) in [5.74, 6) is 0. The third-order valence-corrected chi connectivity index (χ3v) is 2.62. The van der Waals surface area contributed by atoms with Crippen LogP contribution in [0, 0.1) is 0 Å². The zero-order valence-electron chi connectivity index (χ0n) is 10.0. The second kappa shape index (κ2) is 4.00. The highest BCUT2D eigenvalue weighted by Crippen LogP contribution is 2.41. The van der Waals surface area contributed by atoms with Gasteiger partial charge in [0.05, 0.1) is 12.1 Å². The average molecular weight is 215 g/mol. The van der Waals surface area contributed by atoms with Crippen LogP contribution >= 0.6 is 0 Å². The third-order valence-electron chi connectivity index (χ3n) is 2.62. The van der Waals surface area contributed by atoms with Crippen LogP contribution in [-0.2, 0) is 4.74 Å². The van der Waals surface area contributed by atoms with Crippen molar-refractivity contribution in [1.29, 1.82) is 0 Å². The van der Waals surface area contributed by atoms with E-state index >= 15 is 0 Å². The molecule has 1 rings (SSSR count). The number of carbonyl (C=O) groups is 1. The summed E-state index contributed by atoms with van der Waals surface area (Å²) in [6, 6.07) is 0. The van der Waals surface area contributed by atoms with E-state index in [1.165, 1.54) is 0 Å². The molecule has 1 aliphatic rings. The van der Waals surface area contributed by atoms with E-state index in [-0.39, 0.29) is 18.2 Å². The van der Waals surface area contributed by atoms with Crippen LogP contribution < -0.4 is 0 Å². The van der Waals surface area contributed by atoms with Crippen molar-refractivity contribution in [3.63, 3.8) is 0 Å². The maximum atomic E-state index is 11.8. The van der Waals surface area contributed by atoms with Crippen molar-refractivity contribution < 1.29 is 14.6 Å². The van der Waals surface area contributed by atoms with Gasteiger partial charge in [-0.25, -0.2) is 4.79 Å². The normalized spacial score (nSPS) is 18.5. The Kier molecular flexibility index (Phi) is 3.28. The van der Waals surface area contributed by atoms with Gasteiger partial charge >= 0.3 is 6.09 Å². The van der Waals surface area contributed by atoms with Crippen molar-refractivity contribution in [3.8, 4) is 0 Å². The van der Waals surface area contributed by atoms with Gasteiger partial charge in [0.15, 0.2) is 0 Å². The number of carbonyl (C=O) groups excluding carboxylic acids is 1. The molecule has 4 heteroatoms. The van der Waals surface area contributed by atoms with Crippen molar-refractivity contribution in [2.75, 3.05) is 13.2 Å². The summed E-state index contributed by atoms with van der Waals surface area (Å²) in [6.45, 7) is 8.04. The van der Waals surface area contributed by atoms with E-state index in [0.717, 1.165) is 12.8 Å². The molecule has 1 fully saturated rings. The van der Waals surface area contributed by atoms with E-state index in [9.17, 15) is 9.90 Å². The van der Waals surface area contributed by atoms with Gasteiger partial charge < -0.3 is 14.7 Å². The molecule has 0 heterocycles. The van der Waals surface area contributed by atoms with E-state index in [0.29, 0.717) is 6.54 Å². The van der Waals surface area contributed by atoms with Gasteiger partial charge in [0, 0.05) is 6.54 Å². The molecule has 0 bridgehead atoms. The van der Waals surface area contributed by atoms with Crippen LogP contribution in [0.5, 0.6) is 0 Å². The van der Waals surface area contributed by atoms with Gasteiger partial charge in [0.2, 0.25) is 0 Å². The number of amides is 1. The van der Waals surface area contributed by atoms with Gasteiger partial charge in [-0.1, -0.05) is 0 Å². The number of hydrogen-bond acceptors (Lipinski definition) is 3. The minimum absolute atomic E-state index is 0.0279. The summed E-state index contributed by atoms with van der Waals surface area (Å²) < 4.78 is 5.29. The molecule has 88 valence electrons. The third kappa shape index (κ3) is 2.84. The second-order valence-electron chi connectivity index (χ2n) is 5.11. The summed E-state index contributed by atoms with van der Waals surface area (Å²) in [4.78, 5) is 13.5. The molecule has 0 aromatic rings. The summed E-state index contributed by atoms with van der Waals surface area (Å²) >= 11 is 0. The molecule has 0 aliphatic heterocycles. The molecule has 0 spiro atoms. The SMILES string of the molecule is CCN(C(=O)OC(C)(C)C)C1(CO)CC1. The molecule has 0 radical (unpaired) electrons. The number of hydrogen-bond donors (Lipinski definition) is 1. The highest BCUT2D eigenvalue weighted by Gasteiger charge is 2.50. The fourth-order valence-corrected chi connectivity index (χ4v) is 1.63. The maximum Gasteiger partial charge on any atom is 0.410 e. The fourth-order valence-electron chi connectivity index (χ4n) is 1.63. The number of ether oxygens (including phenoxy) is 1. The topological polar surface area (TPSA) is 49.8 Å². The number of aliphatic hydroxyl groups is 1. The predicted molar refractivity (Wildman–Crippen MR) is 57.7 cm³/mol. The van der Waals surface area contributed by atoms with Crippen LogP contribution in [0.4, 0.5) is 4.79 Å². The maximum absolute atomic E-state index is 11.8. The number of nitrogens with zero attached hydrogens (tertiary/aromatic N) is 1. The molecule has 1 saturated carbocycles. The lowest BCUT2D eigenvalue weighted by molar-refractivity contribution is 0.00631. The molecule has 0 atom stereocenters. The number of rotatable bonds is 3. The van der Waals surface area contributed by atoms with Gasteiger partial charge in [-0.05, 0) is 40.5 Å². The molecule has 0 aromatic heterocycles. The Morgan fingerprint density at radius 1 is 1.47 bits per heavy atom. The molecule has 4 nitrogen and oxygen atoms in total. The Bertz CT molecular complexity index is 241. The first-order chi connectivity index (χ1) is 6.84. The quantitative estimate of drug-likeness (QED) is 0.780. The fraction of sp³-hybridized carbons (Fsp3) is 0.909. The van der Waals surface area contributed by atoms with Crippen molar-refractivity contribution in [1.82, 2.24) is 4.90 Å². The van der Waals surface area contributed by atoms with E-state index in [2.05, 4.69) is 0 Å². The minimum Gasteiger partial charge on any atom is -0.444 e. The van der Waals surface area contributed by atoms with Crippen LogP contribution in [0.2, 0.25) is 0 Å². The van der Waals surface area contributed by atoms with Crippen LogP contribution in [0.15, 0.2) is 0 Å².